The van der Waals surface area contributed by atoms with Gasteiger partial charge in [-0.1, -0.05) is 297 Å². The van der Waals surface area contributed by atoms with Crippen LogP contribution in [-0.4, -0.2) is 29.9 Å². The van der Waals surface area contributed by atoms with E-state index in [1.54, 1.807) is 22.7 Å². The van der Waals surface area contributed by atoms with Crippen molar-refractivity contribution in [3.63, 3.8) is 0 Å². The Morgan fingerprint density at radius 1 is 0.127 bits per heavy atom. The van der Waals surface area contributed by atoms with Crippen molar-refractivity contribution in [2.75, 3.05) is 0 Å². The van der Waals surface area contributed by atoms with Crippen LogP contribution in [0.3, 0.4) is 0 Å². The van der Waals surface area contributed by atoms with E-state index in [0.717, 1.165) is 33.4 Å². The van der Waals surface area contributed by atoms with E-state index in [2.05, 4.69) is 340 Å². The summed E-state index contributed by atoms with van der Waals surface area (Å²) in [4.78, 5) is 30.6. The molecule has 6 heterocycles. The Morgan fingerprint density at radius 3 is 0.805 bits per heavy atom. The molecule has 0 bridgehead atoms. The number of thiophene rings is 4. The molecule has 0 saturated carbocycles. The lowest BCUT2D eigenvalue weighted by Gasteiger charge is -2.12. The summed E-state index contributed by atoms with van der Waals surface area (Å²) in [6, 6.07) is 136. The van der Waals surface area contributed by atoms with Gasteiger partial charge in [-0.3, -0.25) is 0 Å². The van der Waals surface area contributed by atoms with Crippen LogP contribution in [0.2, 0.25) is 0 Å². The molecule has 0 radical (unpaired) electrons. The maximum absolute atomic E-state index is 5.19. The van der Waals surface area contributed by atoms with Crippen LogP contribution in [0.4, 0.5) is 0 Å². The second-order valence-corrected chi connectivity index (χ2v) is 34.6. The maximum Gasteiger partial charge on any atom is 0.165 e. The molecular formula is C108H62N6S4. The first-order chi connectivity index (χ1) is 58.4. The molecule has 0 N–H and O–H groups in total. The second-order valence-electron chi connectivity index (χ2n) is 30.3. The Morgan fingerprint density at radius 2 is 0.381 bits per heavy atom. The van der Waals surface area contributed by atoms with E-state index < -0.39 is 0 Å². The van der Waals surface area contributed by atoms with E-state index in [1.807, 2.05) is 59.1 Å². The third-order valence-corrected chi connectivity index (χ3v) is 28.0. The third-order valence-electron chi connectivity index (χ3n) is 23.4. The van der Waals surface area contributed by atoms with Crippen molar-refractivity contribution in [3.05, 3.63) is 376 Å². The first-order valence-corrected chi connectivity index (χ1v) is 42.8. The predicted octanol–water partition coefficient (Wildman–Crippen LogP) is 31.1. The summed E-state index contributed by atoms with van der Waals surface area (Å²) in [6.07, 6.45) is 0. The largest absolute Gasteiger partial charge is 0.208 e. The van der Waals surface area contributed by atoms with Gasteiger partial charge in [0.25, 0.3) is 0 Å². The zero-order valence-electron chi connectivity index (χ0n) is 63.1. The molecule has 0 amide bonds. The van der Waals surface area contributed by atoms with Crippen molar-refractivity contribution >= 4 is 191 Å². The topological polar surface area (TPSA) is 77.3 Å². The number of benzene rings is 19. The van der Waals surface area contributed by atoms with Gasteiger partial charge in [-0.2, -0.15) is 0 Å². The van der Waals surface area contributed by atoms with E-state index in [4.69, 9.17) is 29.9 Å². The first kappa shape index (κ1) is 68.1. The predicted molar refractivity (Wildman–Crippen MR) is 505 cm³/mol. The fourth-order valence-corrected chi connectivity index (χ4v) is 22.3. The Labute approximate surface area is 692 Å². The summed E-state index contributed by atoms with van der Waals surface area (Å²) >= 11 is 7.23. The molecule has 0 unspecified atom stereocenters. The summed E-state index contributed by atoms with van der Waals surface area (Å²) in [6.45, 7) is 0. The Hall–Kier alpha value is -14.4. The highest BCUT2D eigenvalue weighted by atomic mass is 32.1. The van der Waals surface area contributed by atoms with Gasteiger partial charge in [0.1, 0.15) is 0 Å². The van der Waals surface area contributed by atoms with Gasteiger partial charge in [-0.25, -0.2) is 29.9 Å². The van der Waals surface area contributed by atoms with Gasteiger partial charge in [-0.05, 0) is 177 Å². The van der Waals surface area contributed by atoms with Gasteiger partial charge in [0.05, 0.1) is 0 Å². The fourth-order valence-electron chi connectivity index (χ4n) is 17.7. The van der Waals surface area contributed by atoms with Crippen LogP contribution in [0.25, 0.3) is 247 Å². The molecule has 0 fully saturated rings. The number of fused-ring (bicyclic) bond motifs is 24. The molecule has 25 rings (SSSR count). The minimum absolute atomic E-state index is 0.663. The SMILES string of the molecule is c1ccc(-c2nc(-c3ccc4c(c3)sc3ccc(-c5ccc6c7ccccc7c7ccccc7c6c5)cc34)nc(-c3cccc4c3sc3ccccc34)n2)cc1.c1ccc(-c2nc(-c3ccc4c(c3)sc3ccccc34)nc(-c3ccc4c(c3)sc3ccc(-c5cccc(-c6ccc7c8ccccc8c8ccccc8c7c6)c5)cc34)n2)cc1. The highest BCUT2D eigenvalue weighted by Crippen LogP contribution is 2.47. The average molecular weight is 1570 g/mol. The highest BCUT2D eigenvalue weighted by Gasteiger charge is 2.22. The average Bonchev–Trinajstić information content (AvgIpc) is 0.947. The molecule has 0 aliphatic heterocycles. The monoisotopic (exact) mass is 1570 g/mol. The number of hydrogen-bond acceptors (Lipinski definition) is 10. The summed E-state index contributed by atoms with van der Waals surface area (Å²) in [5.74, 6) is 4.02. The summed E-state index contributed by atoms with van der Waals surface area (Å²) in [7, 11) is 0. The minimum atomic E-state index is 0.663. The molecule has 548 valence electrons. The number of nitrogens with zero attached hydrogens (tertiary/aromatic N) is 6. The zero-order valence-corrected chi connectivity index (χ0v) is 66.4. The quantitative estimate of drug-likeness (QED) is 0.134. The number of hydrogen-bond donors (Lipinski definition) is 0. The van der Waals surface area contributed by atoms with Gasteiger partial charge in [-0.15, -0.1) is 45.3 Å². The lowest BCUT2D eigenvalue weighted by Crippen LogP contribution is -2.00. The summed E-state index contributed by atoms with van der Waals surface area (Å²) < 4.78 is 9.87. The molecule has 0 saturated heterocycles. The van der Waals surface area contributed by atoms with Crippen molar-refractivity contribution < 1.29 is 0 Å². The lowest BCUT2D eigenvalue weighted by molar-refractivity contribution is 1.08. The minimum Gasteiger partial charge on any atom is -0.208 e. The molecule has 19 aromatic carbocycles. The van der Waals surface area contributed by atoms with Gasteiger partial charge < -0.3 is 0 Å². The van der Waals surface area contributed by atoms with Crippen molar-refractivity contribution in [2.45, 2.75) is 0 Å². The van der Waals surface area contributed by atoms with Crippen LogP contribution in [0.5, 0.6) is 0 Å². The Bertz CT molecular complexity index is 8400. The normalized spacial score (nSPS) is 11.9. The van der Waals surface area contributed by atoms with E-state index >= 15 is 0 Å². The molecule has 118 heavy (non-hydrogen) atoms. The number of rotatable bonds is 9. The van der Waals surface area contributed by atoms with Crippen LogP contribution < -0.4 is 0 Å². The first-order valence-electron chi connectivity index (χ1n) is 39.6. The Kier molecular flexibility index (Phi) is 16.0. The third kappa shape index (κ3) is 11.5. The van der Waals surface area contributed by atoms with Crippen molar-refractivity contribution in [3.8, 4) is 102 Å². The van der Waals surface area contributed by atoms with Gasteiger partial charge in [0, 0.05) is 114 Å². The molecule has 0 aliphatic carbocycles. The van der Waals surface area contributed by atoms with E-state index in [0.29, 0.717) is 34.9 Å². The molecule has 10 heteroatoms. The van der Waals surface area contributed by atoms with Crippen LogP contribution in [0, 0.1) is 0 Å². The van der Waals surface area contributed by atoms with Crippen molar-refractivity contribution in [2.24, 2.45) is 0 Å². The van der Waals surface area contributed by atoms with Crippen LogP contribution in [0.15, 0.2) is 376 Å². The van der Waals surface area contributed by atoms with Crippen molar-refractivity contribution in [1.29, 1.82) is 0 Å². The molecular weight excluding hydrogens is 1510 g/mol. The number of aromatic nitrogens is 6. The summed E-state index contributed by atoms with van der Waals surface area (Å²) in [5, 5.41) is 25.5. The molecule has 6 aromatic heterocycles. The molecule has 6 nitrogen and oxygen atoms in total. The van der Waals surface area contributed by atoms with Gasteiger partial charge in [0.15, 0.2) is 34.9 Å². The Balaban J connectivity index is 0.000000135. The fraction of sp³-hybridized carbons (Fsp3) is 0. The molecule has 0 atom stereocenters. The molecule has 0 aliphatic rings. The van der Waals surface area contributed by atoms with Crippen LogP contribution >= 0.6 is 45.3 Å². The smallest absolute Gasteiger partial charge is 0.165 e. The van der Waals surface area contributed by atoms with E-state index in [9.17, 15) is 0 Å². The van der Waals surface area contributed by atoms with Crippen LogP contribution in [0.1, 0.15) is 0 Å². The standard InChI is InChI=1S/C57H33N3S2.C51H29N3S2/c1-2-11-34(12-3-1)55-58-56(39-22-26-47-46-19-8-9-20-51(46)61-53(47)32-39)60-57(59-55)40-23-27-48-50-31-38(24-28-52(50)62-54(48)33-40)36-14-10-13-35(29-36)37-21-25-45-43-17-5-4-15-41(43)42-16-6-7-18-44(42)49(45)30-37;1-2-11-30(12-3-1)49-52-50(54-51(53-49)42-19-10-18-41-39-17-8-9-20-45(39)56-48(41)42)33-22-25-40-44-28-32(23-26-46(44)55-47(40)29-33)31-21-24-38-36-15-5-4-13-34(36)35-14-6-7-16-37(35)43(38)27-31/h1-33H;1-29H. The lowest BCUT2D eigenvalue weighted by atomic mass is 9.91. The van der Waals surface area contributed by atoms with Gasteiger partial charge in [0.2, 0.25) is 0 Å². The maximum atomic E-state index is 5.19. The zero-order chi connectivity index (χ0) is 77.5. The molecule has 0 spiro atoms. The molecule has 25 aromatic rings. The van der Waals surface area contributed by atoms with Gasteiger partial charge >= 0.3 is 0 Å². The second kappa shape index (κ2) is 27.7. The van der Waals surface area contributed by atoms with E-state index in [-0.39, 0.29) is 0 Å². The highest BCUT2D eigenvalue weighted by molar-refractivity contribution is 7.27. The van der Waals surface area contributed by atoms with E-state index in [1.165, 1.54) is 179 Å². The van der Waals surface area contributed by atoms with Crippen LogP contribution in [-0.2, 0) is 0 Å². The van der Waals surface area contributed by atoms with Crippen molar-refractivity contribution in [1.82, 2.24) is 29.9 Å². The summed E-state index contributed by atoms with van der Waals surface area (Å²) in [5.41, 5.74) is 13.1.